The molecule has 0 saturated carbocycles. The quantitative estimate of drug-likeness (QED) is 0.654. The standard InChI is InChI=1S/C17H18N6OS/c18-10-13-11-20-17(21-16(13)19)25-12-15(24)23-8-6-22(7-9-23)14-4-2-1-3-5-14/h1-5,11H,6-9,12H2,(H2,19,20,21). The van der Waals surface area contributed by atoms with Crippen molar-refractivity contribution in [1.82, 2.24) is 14.9 Å². The van der Waals surface area contributed by atoms with Gasteiger partial charge in [0.15, 0.2) is 5.16 Å². The number of thioether (sulfide) groups is 1. The van der Waals surface area contributed by atoms with E-state index in [4.69, 9.17) is 11.0 Å². The Bertz CT molecular complexity index is 783. The third-order valence-electron chi connectivity index (χ3n) is 4.00. The summed E-state index contributed by atoms with van der Waals surface area (Å²) in [4.78, 5) is 24.6. The number of benzene rings is 1. The lowest BCUT2D eigenvalue weighted by molar-refractivity contribution is -0.128. The van der Waals surface area contributed by atoms with Crippen LogP contribution in [0.1, 0.15) is 5.56 Å². The Kier molecular flexibility index (Phi) is 5.36. The van der Waals surface area contributed by atoms with Crippen LogP contribution in [0.4, 0.5) is 11.5 Å². The van der Waals surface area contributed by atoms with Crippen LogP contribution in [0.25, 0.3) is 0 Å². The van der Waals surface area contributed by atoms with Crippen LogP contribution < -0.4 is 10.6 Å². The van der Waals surface area contributed by atoms with Crippen LogP contribution in [-0.4, -0.2) is 52.7 Å². The van der Waals surface area contributed by atoms with Gasteiger partial charge in [-0.25, -0.2) is 9.97 Å². The molecule has 2 aromatic rings. The van der Waals surface area contributed by atoms with Crippen molar-refractivity contribution in [3.63, 3.8) is 0 Å². The van der Waals surface area contributed by atoms with Crippen LogP contribution in [0.3, 0.4) is 0 Å². The Morgan fingerprint density at radius 3 is 2.60 bits per heavy atom. The molecule has 0 radical (unpaired) electrons. The highest BCUT2D eigenvalue weighted by Gasteiger charge is 2.21. The predicted molar refractivity (Wildman–Crippen MR) is 97.1 cm³/mol. The molecule has 25 heavy (non-hydrogen) atoms. The number of para-hydroxylation sites is 1. The molecule has 0 aliphatic carbocycles. The summed E-state index contributed by atoms with van der Waals surface area (Å²) < 4.78 is 0. The lowest BCUT2D eigenvalue weighted by Gasteiger charge is -2.36. The molecular weight excluding hydrogens is 336 g/mol. The van der Waals surface area contributed by atoms with Gasteiger partial charge in [-0.15, -0.1) is 0 Å². The van der Waals surface area contributed by atoms with E-state index in [2.05, 4.69) is 27.0 Å². The highest BCUT2D eigenvalue weighted by atomic mass is 32.2. The van der Waals surface area contributed by atoms with Gasteiger partial charge in [0.25, 0.3) is 0 Å². The molecule has 1 amide bonds. The third kappa shape index (κ3) is 4.19. The zero-order valence-corrected chi connectivity index (χ0v) is 14.4. The normalized spacial score (nSPS) is 14.2. The summed E-state index contributed by atoms with van der Waals surface area (Å²) in [5.41, 5.74) is 7.09. The number of nitrogen functional groups attached to an aromatic ring is 1. The monoisotopic (exact) mass is 354 g/mol. The molecule has 2 N–H and O–H groups in total. The van der Waals surface area contributed by atoms with Crippen molar-refractivity contribution in [3.8, 4) is 6.07 Å². The molecule has 1 aliphatic heterocycles. The second kappa shape index (κ2) is 7.85. The fraction of sp³-hybridized carbons (Fsp3) is 0.294. The maximum atomic E-state index is 12.4. The van der Waals surface area contributed by atoms with Crippen LogP contribution >= 0.6 is 11.8 Å². The average Bonchev–Trinajstić information content (AvgIpc) is 2.67. The molecule has 7 nitrogen and oxygen atoms in total. The zero-order valence-electron chi connectivity index (χ0n) is 13.6. The molecule has 1 aromatic carbocycles. The van der Waals surface area contributed by atoms with E-state index in [1.165, 1.54) is 23.6 Å². The Morgan fingerprint density at radius 1 is 1.24 bits per heavy atom. The number of anilines is 2. The van der Waals surface area contributed by atoms with Crippen LogP contribution in [0, 0.1) is 11.3 Å². The van der Waals surface area contributed by atoms with Crippen molar-refractivity contribution in [3.05, 3.63) is 42.1 Å². The highest BCUT2D eigenvalue weighted by molar-refractivity contribution is 7.99. The molecule has 1 aliphatic rings. The second-order valence-electron chi connectivity index (χ2n) is 5.56. The second-order valence-corrected chi connectivity index (χ2v) is 6.50. The number of nitrogens with two attached hydrogens (primary N) is 1. The van der Waals surface area contributed by atoms with E-state index in [9.17, 15) is 4.79 Å². The molecule has 1 aromatic heterocycles. The zero-order chi connectivity index (χ0) is 17.6. The van der Waals surface area contributed by atoms with Crippen LogP contribution in [0.5, 0.6) is 0 Å². The van der Waals surface area contributed by atoms with E-state index in [0.717, 1.165) is 13.1 Å². The summed E-state index contributed by atoms with van der Waals surface area (Å²) in [6.07, 6.45) is 1.38. The fourth-order valence-electron chi connectivity index (χ4n) is 2.60. The van der Waals surface area contributed by atoms with Gasteiger partial charge < -0.3 is 15.5 Å². The van der Waals surface area contributed by atoms with Gasteiger partial charge in [0, 0.05) is 31.9 Å². The topological polar surface area (TPSA) is 99.1 Å². The number of amides is 1. The predicted octanol–water partition coefficient (Wildman–Crippen LogP) is 1.37. The van der Waals surface area contributed by atoms with Gasteiger partial charge in [0.1, 0.15) is 17.5 Å². The molecule has 0 unspecified atom stereocenters. The minimum atomic E-state index is 0.0595. The molecule has 0 spiro atoms. The maximum Gasteiger partial charge on any atom is 0.233 e. The first-order valence-corrected chi connectivity index (χ1v) is 8.89. The first-order valence-electron chi connectivity index (χ1n) is 7.90. The third-order valence-corrected chi connectivity index (χ3v) is 4.84. The number of hydrogen-bond donors (Lipinski definition) is 1. The average molecular weight is 354 g/mol. The lowest BCUT2D eigenvalue weighted by atomic mass is 10.2. The van der Waals surface area contributed by atoms with E-state index >= 15 is 0 Å². The van der Waals surface area contributed by atoms with Gasteiger partial charge in [-0.1, -0.05) is 30.0 Å². The minimum absolute atomic E-state index is 0.0595. The van der Waals surface area contributed by atoms with Gasteiger partial charge in [0.05, 0.1) is 11.9 Å². The van der Waals surface area contributed by atoms with Crippen molar-refractivity contribution in [2.75, 3.05) is 42.6 Å². The number of nitrogens with zero attached hydrogens (tertiary/aromatic N) is 5. The Morgan fingerprint density at radius 2 is 1.96 bits per heavy atom. The van der Waals surface area contributed by atoms with Gasteiger partial charge >= 0.3 is 0 Å². The molecule has 2 heterocycles. The number of carbonyl (C=O) groups excluding carboxylic acids is 1. The van der Waals surface area contributed by atoms with Crippen LogP contribution in [0.2, 0.25) is 0 Å². The molecule has 3 rings (SSSR count). The van der Waals surface area contributed by atoms with Crippen molar-refractivity contribution in [2.45, 2.75) is 5.16 Å². The van der Waals surface area contributed by atoms with Gasteiger partial charge in [-0.3, -0.25) is 4.79 Å². The fourth-order valence-corrected chi connectivity index (χ4v) is 3.33. The molecule has 0 bridgehead atoms. The Balaban J connectivity index is 1.50. The van der Waals surface area contributed by atoms with E-state index in [1.807, 2.05) is 29.2 Å². The van der Waals surface area contributed by atoms with E-state index in [-0.39, 0.29) is 23.0 Å². The minimum Gasteiger partial charge on any atom is -0.382 e. The Hall–Kier alpha value is -2.79. The summed E-state index contributed by atoms with van der Waals surface area (Å²) in [5, 5.41) is 9.23. The molecule has 1 saturated heterocycles. The molecule has 1 fully saturated rings. The summed E-state index contributed by atoms with van der Waals surface area (Å²) in [5.74, 6) is 0.463. The van der Waals surface area contributed by atoms with Crippen molar-refractivity contribution in [1.29, 1.82) is 5.26 Å². The van der Waals surface area contributed by atoms with Crippen LogP contribution in [-0.2, 0) is 4.79 Å². The maximum absolute atomic E-state index is 12.4. The van der Waals surface area contributed by atoms with E-state index < -0.39 is 0 Å². The van der Waals surface area contributed by atoms with Crippen molar-refractivity contribution < 1.29 is 4.79 Å². The summed E-state index contributed by atoms with van der Waals surface area (Å²) in [6.45, 7) is 3.04. The number of piperazine rings is 1. The number of carbonyl (C=O) groups is 1. The number of nitriles is 1. The lowest BCUT2D eigenvalue weighted by Crippen LogP contribution is -2.49. The SMILES string of the molecule is N#Cc1cnc(SCC(=O)N2CCN(c3ccccc3)CC2)nc1N. The smallest absolute Gasteiger partial charge is 0.233 e. The first kappa shape index (κ1) is 17.0. The van der Waals surface area contributed by atoms with Gasteiger partial charge in [-0.05, 0) is 12.1 Å². The molecule has 128 valence electrons. The highest BCUT2D eigenvalue weighted by Crippen LogP contribution is 2.18. The number of aromatic nitrogens is 2. The number of rotatable bonds is 4. The van der Waals surface area contributed by atoms with Gasteiger partial charge in [0.2, 0.25) is 5.91 Å². The van der Waals surface area contributed by atoms with E-state index in [1.54, 1.807) is 0 Å². The molecule has 0 atom stereocenters. The van der Waals surface area contributed by atoms with Gasteiger partial charge in [-0.2, -0.15) is 5.26 Å². The van der Waals surface area contributed by atoms with Crippen molar-refractivity contribution >= 4 is 29.2 Å². The van der Waals surface area contributed by atoms with E-state index in [0.29, 0.717) is 18.2 Å². The summed E-state index contributed by atoms with van der Waals surface area (Å²) in [7, 11) is 0. The van der Waals surface area contributed by atoms with Crippen LogP contribution in [0.15, 0.2) is 41.7 Å². The largest absolute Gasteiger partial charge is 0.382 e. The van der Waals surface area contributed by atoms with Crippen molar-refractivity contribution in [2.24, 2.45) is 0 Å². The summed E-state index contributed by atoms with van der Waals surface area (Å²) >= 11 is 1.24. The summed E-state index contributed by atoms with van der Waals surface area (Å²) in [6, 6.07) is 12.1. The first-order chi connectivity index (χ1) is 12.2. The Labute approximate surface area is 150 Å². The molecular formula is C17H18N6OS. The number of hydrogen-bond acceptors (Lipinski definition) is 7. The molecule has 8 heteroatoms.